The first kappa shape index (κ1) is 18.3. The van der Waals surface area contributed by atoms with Crippen LogP contribution >= 0.6 is 0 Å². The Morgan fingerprint density at radius 3 is 1.85 bits per heavy atom. The maximum atomic E-state index is 13.5. The number of allylic oxidation sites excluding steroid dienone is 3. The van der Waals surface area contributed by atoms with Crippen LogP contribution in [0.1, 0.15) is 91.9 Å². The average molecular weight is 357 g/mol. The van der Waals surface area contributed by atoms with Crippen molar-refractivity contribution in [2.24, 2.45) is 29.1 Å². The highest BCUT2D eigenvalue weighted by molar-refractivity contribution is 5.79. The molecule has 2 nitrogen and oxygen atoms in total. The largest absolute Gasteiger partial charge is 0.426 e. The van der Waals surface area contributed by atoms with Crippen molar-refractivity contribution in [1.29, 1.82) is 0 Å². The van der Waals surface area contributed by atoms with Gasteiger partial charge in [0.15, 0.2) is 0 Å². The van der Waals surface area contributed by atoms with Gasteiger partial charge in [0, 0.05) is 5.92 Å². The summed E-state index contributed by atoms with van der Waals surface area (Å²) in [6, 6.07) is 0. The molecule has 0 aromatic carbocycles. The first-order valence-electron chi connectivity index (χ1n) is 11.2. The van der Waals surface area contributed by atoms with Gasteiger partial charge in [0.25, 0.3) is 0 Å². The van der Waals surface area contributed by atoms with Gasteiger partial charge in [-0.25, -0.2) is 0 Å². The third kappa shape index (κ3) is 2.70. The number of esters is 1. The molecule has 5 aliphatic carbocycles. The molecule has 5 aliphatic rings. The Morgan fingerprint density at radius 2 is 1.42 bits per heavy atom. The SMILES string of the molecule is CCC1=C(CC)C(CC)C(CC)=C1OC(=O)C12CC3CC(CC(C3)C1)C2. The number of ether oxygens (including phenoxy) is 1. The predicted molar refractivity (Wildman–Crippen MR) is 105 cm³/mol. The van der Waals surface area contributed by atoms with Crippen molar-refractivity contribution in [3.05, 3.63) is 22.5 Å². The van der Waals surface area contributed by atoms with Gasteiger partial charge in [-0.05, 0) is 93.1 Å². The molecule has 4 fully saturated rings. The Balaban J connectivity index is 1.63. The smallest absolute Gasteiger partial charge is 0.317 e. The molecule has 0 radical (unpaired) electrons. The lowest BCUT2D eigenvalue weighted by molar-refractivity contribution is -0.166. The molecule has 1 unspecified atom stereocenters. The molecule has 0 aromatic heterocycles. The number of hydrogen-bond acceptors (Lipinski definition) is 2. The summed E-state index contributed by atoms with van der Waals surface area (Å²) in [5.74, 6) is 3.96. The summed E-state index contributed by atoms with van der Waals surface area (Å²) in [6.45, 7) is 8.97. The minimum absolute atomic E-state index is 0.121. The molecule has 4 bridgehead atoms. The highest BCUT2D eigenvalue weighted by Crippen LogP contribution is 2.61. The Kier molecular flexibility index (Phi) is 4.82. The van der Waals surface area contributed by atoms with E-state index >= 15 is 0 Å². The molecule has 144 valence electrons. The van der Waals surface area contributed by atoms with Crippen LogP contribution in [0.5, 0.6) is 0 Å². The normalized spacial score (nSPS) is 38.5. The zero-order valence-electron chi connectivity index (χ0n) is 17.2. The van der Waals surface area contributed by atoms with Gasteiger partial charge in [0.05, 0.1) is 5.41 Å². The van der Waals surface area contributed by atoms with E-state index in [0.29, 0.717) is 5.92 Å². The minimum atomic E-state index is -0.157. The third-order valence-corrected chi connectivity index (χ3v) is 7.98. The van der Waals surface area contributed by atoms with E-state index < -0.39 is 0 Å². The zero-order valence-corrected chi connectivity index (χ0v) is 17.2. The maximum Gasteiger partial charge on any atom is 0.317 e. The Hall–Kier alpha value is -1.05. The summed E-state index contributed by atoms with van der Waals surface area (Å²) in [5.41, 5.74) is 4.10. The van der Waals surface area contributed by atoms with E-state index in [1.54, 1.807) is 0 Å². The highest BCUT2D eigenvalue weighted by atomic mass is 16.5. The fraction of sp³-hybridized carbons (Fsp3) is 0.792. The number of carbonyl (C=O) groups excluding carboxylic acids is 1. The van der Waals surface area contributed by atoms with Gasteiger partial charge in [0.2, 0.25) is 0 Å². The van der Waals surface area contributed by atoms with E-state index in [4.69, 9.17) is 4.74 Å². The lowest BCUT2D eigenvalue weighted by atomic mass is 9.49. The Morgan fingerprint density at radius 1 is 0.885 bits per heavy atom. The fourth-order valence-corrected chi connectivity index (χ4v) is 7.35. The van der Waals surface area contributed by atoms with Gasteiger partial charge in [-0.1, -0.05) is 33.3 Å². The van der Waals surface area contributed by atoms with Crippen LogP contribution in [0, 0.1) is 29.1 Å². The maximum absolute atomic E-state index is 13.5. The lowest BCUT2D eigenvalue weighted by Gasteiger charge is -2.55. The molecule has 0 amide bonds. The van der Waals surface area contributed by atoms with Crippen molar-refractivity contribution in [2.75, 3.05) is 0 Å². The molecule has 0 aliphatic heterocycles. The predicted octanol–water partition coefficient (Wildman–Crippen LogP) is 6.57. The zero-order chi connectivity index (χ0) is 18.5. The van der Waals surface area contributed by atoms with Gasteiger partial charge < -0.3 is 4.74 Å². The molecular weight excluding hydrogens is 320 g/mol. The van der Waals surface area contributed by atoms with Crippen LogP contribution in [0.25, 0.3) is 0 Å². The van der Waals surface area contributed by atoms with E-state index in [1.807, 2.05) is 0 Å². The van der Waals surface area contributed by atoms with E-state index in [-0.39, 0.29) is 11.4 Å². The van der Waals surface area contributed by atoms with Crippen LogP contribution < -0.4 is 0 Å². The third-order valence-electron chi connectivity index (χ3n) is 7.98. The summed E-state index contributed by atoms with van der Waals surface area (Å²) in [4.78, 5) is 13.5. The summed E-state index contributed by atoms with van der Waals surface area (Å²) >= 11 is 0. The molecule has 0 aromatic rings. The van der Waals surface area contributed by atoms with Crippen LogP contribution in [0.2, 0.25) is 0 Å². The van der Waals surface area contributed by atoms with Crippen molar-refractivity contribution in [3.8, 4) is 0 Å². The second kappa shape index (κ2) is 6.84. The molecule has 0 saturated heterocycles. The average Bonchev–Trinajstić information content (AvgIpc) is 2.91. The van der Waals surface area contributed by atoms with Crippen molar-refractivity contribution >= 4 is 5.97 Å². The van der Waals surface area contributed by atoms with Crippen molar-refractivity contribution in [3.63, 3.8) is 0 Å². The molecule has 1 atom stereocenters. The van der Waals surface area contributed by atoms with E-state index in [0.717, 1.165) is 68.5 Å². The lowest BCUT2D eigenvalue weighted by Crippen LogP contribution is -2.50. The van der Waals surface area contributed by atoms with Crippen molar-refractivity contribution < 1.29 is 9.53 Å². The monoisotopic (exact) mass is 356 g/mol. The Labute approximate surface area is 159 Å². The van der Waals surface area contributed by atoms with Crippen LogP contribution in [0.15, 0.2) is 22.5 Å². The molecule has 4 saturated carbocycles. The van der Waals surface area contributed by atoms with Gasteiger partial charge >= 0.3 is 5.97 Å². The first-order valence-corrected chi connectivity index (χ1v) is 11.2. The molecule has 26 heavy (non-hydrogen) atoms. The quantitative estimate of drug-likeness (QED) is 0.503. The number of carbonyl (C=O) groups is 1. The van der Waals surface area contributed by atoms with Crippen LogP contribution in [0.3, 0.4) is 0 Å². The molecular formula is C24H36O2. The van der Waals surface area contributed by atoms with Crippen LogP contribution in [-0.2, 0) is 9.53 Å². The van der Waals surface area contributed by atoms with Crippen molar-refractivity contribution in [2.45, 2.75) is 91.9 Å². The molecule has 0 spiro atoms. The second-order valence-corrected chi connectivity index (χ2v) is 9.47. The van der Waals surface area contributed by atoms with E-state index in [9.17, 15) is 4.79 Å². The summed E-state index contributed by atoms with van der Waals surface area (Å²) < 4.78 is 6.35. The number of rotatable bonds is 6. The van der Waals surface area contributed by atoms with Crippen LogP contribution in [-0.4, -0.2) is 5.97 Å². The van der Waals surface area contributed by atoms with Gasteiger partial charge in [-0.15, -0.1) is 0 Å². The summed E-state index contributed by atoms with van der Waals surface area (Å²) in [6.07, 6.45) is 11.6. The Bertz CT molecular complexity index is 616. The highest BCUT2D eigenvalue weighted by Gasteiger charge is 2.56. The van der Waals surface area contributed by atoms with Crippen molar-refractivity contribution in [1.82, 2.24) is 0 Å². The van der Waals surface area contributed by atoms with E-state index in [2.05, 4.69) is 27.7 Å². The second-order valence-electron chi connectivity index (χ2n) is 9.47. The van der Waals surface area contributed by atoms with Gasteiger partial charge in [0.1, 0.15) is 5.76 Å². The van der Waals surface area contributed by atoms with Crippen LogP contribution in [0.4, 0.5) is 0 Å². The minimum Gasteiger partial charge on any atom is -0.426 e. The summed E-state index contributed by atoms with van der Waals surface area (Å²) in [5, 5.41) is 0. The molecule has 0 heterocycles. The molecule has 2 heteroatoms. The topological polar surface area (TPSA) is 26.3 Å². The molecule has 5 rings (SSSR count). The van der Waals surface area contributed by atoms with Gasteiger partial charge in [-0.3, -0.25) is 4.79 Å². The van der Waals surface area contributed by atoms with E-state index in [1.165, 1.54) is 36.0 Å². The standard InChI is InChI=1S/C24H36O2/c1-5-18-19(6-2)21(8-4)22(20(18)7-3)26-23(25)24-12-15-9-16(13-24)11-17(10-15)14-24/h15-18H,5-14H2,1-4H3. The fourth-order valence-electron chi connectivity index (χ4n) is 7.35. The van der Waals surface area contributed by atoms with Gasteiger partial charge in [-0.2, -0.15) is 0 Å². The molecule has 0 N–H and O–H groups in total. The summed E-state index contributed by atoms with van der Waals surface area (Å²) in [7, 11) is 0. The first-order chi connectivity index (χ1) is 12.5. The number of hydrogen-bond donors (Lipinski definition) is 0.